The van der Waals surface area contributed by atoms with Gasteiger partial charge in [-0.1, -0.05) is 27.7 Å². The molecule has 1 aliphatic rings. The lowest BCUT2D eigenvalue weighted by Crippen LogP contribution is -2.43. The Morgan fingerprint density at radius 1 is 1.22 bits per heavy atom. The van der Waals surface area contributed by atoms with Crippen LogP contribution in [0.25, 0.3) is 0 Å². The summed E-state index contributed by atoms with van der Waals surface area (Å²) in [6.45, 7) is 8.00. The molecule has 0 saturated heterocycles. The maximum absolute atomic E-state index is 12.6. The van der Waals surface area contributed by atoms with Crippen molar-refractivity contribution in [3.63, 3.8) is 0 Å². The van der Waals surface area contributed by atoms with Crippen LogP contribution < -0.4 is 0 Å². The van der Waals surface area contributed by atoms with Crippen LogP contribution in [0.15, 0.2) is 0 Å². The third kappa shape index (κ3) is 3.12. The maximum atomic E-state index is 12.6. The predicted octanol–water partition coefficient (Wildman–Crippen LogP) is 3.52. The lowest BCUT2D eigenvalue weighted by Gasteiger charge is -2.43. The zero-order valence-electron chi connectivity index (χ0n) is 12.0. The van der Waals surface area contributed by atoms with Gasteiger partial charge in [0.1, 0.15) is 5.78 Å². The summed E-state index contributed by atoms with van der Waals surface area (Å²) in [5, 5.41) is 8.99. The fourth-order valence-electron chi connectivity index (χ4n) is 3.29. The third-order valence-corrected chi connectivity index (χ3v) is 4.61. The molecule has 1 rings (SSSR count). The minimum atomic E-state index is -0.794. The van der Waals surface area contributed by atoms with E-state index in [0.29, 0.717) is 5.92 Å². The number of aliphatic carboxylic acids is 1. The molecule has 0 aromatic heterocycles. The van der Waals surface area contributed by atoms with Crippen LogP contribution in [0.5, 0.6) is 0 Å². The second-order valence-electron chi connectivity index (χ2n) is 6.36. The molecule has 1 N–H and O–H groups in total. The van der Waals surface area contributed by atoms with Crippen molar-refractivity contribution in [1.82, 2.24) is 0 Å². The number of rotatable bonds is 5. The van der Waals surface area contributed by atoms with E-state index in [4.69, 9.17) is 5.11 Å². The van der Waals surface area contributed by atoms with E-state index in [-0.39, 0.29) is 29.5 Å². The molecule has 0 amide bonds. The van der Waals surface area contributed by atoms with Crippen molar-refractivity contribution in [2.75, 3.05) is 0 Å². The zero-order chi connectivity index (χ0) is 13.9. The molecular weight excluding hydrogens is 228 g/mol. The predicted molar refractivity (Wildman–Crippen MR) is 71.3 cm³/mol. The molecule has 1 unspecified atom stereocenters. The van der Waals surface area contributed by atoms with Gasteiger partial charge in [-0.05, 0) is 37.5 Å². The molecule has 1 atom stereocenters. The molecule has 18 heavy (non-hydrogen) atoms. The second-order valence-corrected chi connectivity index (χ2v) is 6.36. The largest absolute Gasteiger partial charge is 0.481 e. The Hall–Kier alpha value is -0.860. The lowest BCUT2D eigenvalue weighted by atomic mass is 9.59. The first-order chi connectivity index (χ1) is 8.29. The van der Waals surface area contributed by atoms with Crippen LogP contribution in [0, 0.1) is 23.2 Å². The van der Waals surface area contributed by atoms with Crippen molar-refractivity contribution in [3.8, 4) is 0 Å². The van der Waals surface area contributed by atoms with Crippen LogP contribution >= 0.6 is 0 Å². The number of hydrogen-bond acceptors (Lipinski definition) is 2. The van der Waals surface area contributed by atoms with Gasteiger partial charge in [-0.15, -0.1) is 0 Å². The molecule has 3 heteroatoms. The molecular formula is C15H26O3. The zero-order valence-corrected chi connectivity index (χ0v) is 12.0. The van der Waals surface area contributed by atoms with E-state index in [1.54, 1.807) is 0 Å². The summed E-state index contributed by atoms with van der Waals surface area (Å²) in [5.41, 5.74) is -0.390. The van der Waals surface area contributed by atoms with Gasteiger partial charge in [0.05, 0.1) is 0 Å². The van der Waals surface area contributed by atoms with Crippen LogP contribution in [-0.2, 0) is 9.59 Å². The van der Waals surface area contributed by atoms with Crippen molar-refractivity contribution >= 4 is 11.8 Å². The molecule has 0 bridgehead atoms. The lowest BCUT2D eigenvalue weighted by molar-refractivity contribution is -0.144. The topological polar surface area (TPSA) is 54.4 Å². The molecule has 104 valence electrons. The van der Waals surface area contributed by atoms with Gasteiger partial charge in [-0.3, -0.25) is 9.59 Å². The summed E-state index contributed by atoms with van der Waals surface area (Å²) in [5.74, 6) is 0.0716. The first-order valence-corrected chi connectivity index (χ1v) is 7.05. The van der Waals surface area contributed by atoms with Gasteiger partial charge in [0, 0.05) is 17.8 Å². The van der Waals surface area contributed by atoms with Gasteiger partial charge in [0.2, 0.25) is 0 Å². The Labute approximate surface area is 110 Å². The highest BCUT2D eigenvalue weighted by Gasteiger charge is 2.46. The van der Waals surface area contributed by atoms with Crippen molar-refractivity contribution < 1.29 is 14.7 Å². The number of carbonyl (C=O) groups excluding carboxylic acids is 1. The Morgan fingerprint density at radius 3 is 2.11 bits per heavy atom. The summed E-state index contributed by atoms with van der Waals surface area (Å²) in [4.78, 5) is 23.5. The van der Waals surface area contributed by atoms with Gasteiger partial charge >= 0.3 is 5.97 Å². The van der Waals surface area contributed by atoms with Crippen LogP contribution in [-0.4, -0.2) is 16.9 Å². The number of carboxylic acids is 1. The summed E-state index contributed by atoms with van der Waals surface area (Å²) in [6.07, 6.45) is 3.91. The van der Waals surface area contributed by atoms with Crippen LogP contribution in [0.2, 0.25) is 0 Å². The second kappa shape index (κ2) is 5.85. The number of carboxylic acid groups (broad SMARTS) is 1. The minimum Gasteiger partial charge on any atom is -0.481 e. The monoisotopic (exact) mass is 254 g/mol. The van der Waals surface area contributed by atoms with E-state index in [2.05, 4.69) is 6.92 Å². The Balaban J connectivity index is 2.94. The Bertz CT molecular complexity index is 312. The Kier molecular flexibility index (Phi) is 4.94. The average Bonchev–Trinajstić information content (AvgIpc) is 2.28. The van der Waals surface area contributed by atoms with Crippen molar-refractivity contribution in [3.05, 3.63) is 0 Å². The van der Waals surface area contributed by atoms with Crippen LogP contribution in [0.4, 0.5) is 0 Å². The molecule has 3 nitrogen and oxygen atoms in total. The number of carbonyl (C=O) groups is 2. The molecule has 1 fully saturated rings. The van der Waals surface area contributed by atoms with Gasteiger partial charge in [-0.25, -0.2) is 0 Å². The van der Waals surface area contributed by atoms with Gasteiger partial charge in [0.25, 0.3) is 0 Å². The van der Waals surface area contributed by atoms with Crippen LogP contribution in [0.1, 0.15) is 59.8 Å². The maximum Gasteiger partial charge on any atom is 0.303 e. The van der Waals surface area contributed by atoms with Crippen LogP contribution in [0.3, 0.4) is 0 Å². The fourth-order valence-corrected chi connectivity index (χ4v) is 3.29. The Morgan fingerprint density at radius 2 is 1.72 bits per heavy atom. The number of ketones is 1. The highest BCUT2D eigenvalue weighted by molar-refractivity contribution is 5.87. The highest BCUT2D eigenvalue weighted by Crippen LogP contribution is 2.47. The summed E-state index contributed by atoms with van der Waals surface area (Å²) in [6, 6.07) is 0. The summed E-state index contributed by atoms with van der Waals surface area (Å²) in [7, 11) is 0. The molecule has 0 heterocycles. The first kappa shape index (κ1) is 15.2. The van der Waals surface area contributed by atoms with E-state index in [9.17, 15) is 9.59 Å². The van der Waals surface area contributed by atoms with E-state index in [1.165, 1.54) is 0 Å². The molecule has 0 aromatic carbocycles. The van der Waals surface area contributed by atoms with E-state index >= 15 is 0 Å². The van der Waals surface area contributed by atoms with Gasteiger partial charge in [-0.2, -0.15) is 0 Å². The smallest absolute Gasteiger partial charge is 0.303 e. The van der Waals surface area contributed by atoms with Crippen molar-refractivity contribution in [2.45, 2.75) is 59.8 Å². The fraction of sp³-hybridized carbons (Fsp3) is 0.867. The molecule has 0 aromatic rings. The molecule has 1 aliphatic carbocycles. The van der Waals surface area contributed by atoms with Gasteiger partial charge < -0.3 is 5.11 Å². The van der Waals surface area contributed by atoms with Crippen molar-refractivity contribution in [1.29, 1.82) is 0 Å². The summed E-state index contributed by atoms with van der Waals surface area (Å²) < 4.78 is 0. The number of hydrogen-bond donors (Lipinski definition) is 1. The van der Waals surface area contributed by atoms with E-state index in [1.807, 2.05) is 20.8 Å². The normalized spacial score (nSPS) is 30.2. The summed E-state index contributed by atoms with van der Waals surface area (Å²) >= 11 is 0. The minimum absolute atomic E-state index is 0.00495. The average molecular weight is 254 g/mol. The molecule has 0 aliphatic heterocycles. The molecule has 0 spiro atoms. The molecule has 0 radical (unpaired) electrons. The quantitative estimate of drug-likeness (QED) is 0.816. The van der Waals surface area contributed by atoms with E-state index in [0.717, 1.165) is 25.7 Å². The molecule has 1 saturated carbocycles. The van der Waals surface area contributed by atoms with E-state index < -0.39 is 5.97 Å². The number of Topliss-reactive ketones (excluding diaryl/α,β-unsaturated/α-hetero) is 1. The highest BCUT2D eigenvalue weighted by atomic mass is 16.4. The first-order valence-electron chi connectivity index (χ1n) is 7.05. The SMILES string of the molecule is CC1CCC(C(=O)C(C)C)(C(C)CC(=O)O)CC1. The third-order valence-electron chi connectivity index (χ3n) is 4.61. The standard InChI is InChI=1S/C15H26O3/c1-10(2)14(18)15(12(4)9-13(16)17)7-5-11(3)6-8-15/h10-12H,5-9H2,1-4H3,(H,16,17). The van der Waals surface area contributed by atoms with Crippen molar-refractivity contribution in [2.24, 2.45) is 23.2 Å². The van der Waals surface area contributed by atoms with Gasteiger partial charge in [0.15, 0.2) is 0 Å².